The van der Waals surface area contributed by atoms with Crippen LogP contribution in [-0.4, -0.2) is 62.3 Å². The summed E-state index contributed by atoms with van der Waals surface area (Å²) in [5, 5.41) is 9.62. The fourth-order valence-electron chi connectivity index (χ4n) is 3.39. The minimum absolute atomic E-state index is 0.0799. The van der Waals surface area contributed by atoms with E-state index < -0.39 is 0 Å². The third-order valence-electron chi connectivity index (χ3n) is 4.87. The molecule has 0 unspecified atom stereocenters. The van der Waals surface area contributed by atoms with E-state index in [9.17, 15) is 4.79 Å². The van der Waals surface area contributed by atoms with Gasteiger partial charge in [-0.05, 0) is 24.3 Å². The highest BCUT2D eigenvalue weighted by molar-refractivity contribution is 5.81. The quantitative estimate of drug-likeness (QED) is 0.704. The summed E-state index contributed by atoms with van der Waals surface area (Å²) in [7, 11) is 0. The summed E-state index contributed by atoms with van der Waals surface area (Å²) in [5.41, 5.74) is 1.64. The van der Waals surface area contributed by atoms with Crippen molar-refractivity contribution in [2.45, 2.75) is 13.1 Å². The predicted octanol–water partition coefficient (Wildman–Crippen LogP) is 0.501. The topological polar surface area (TPSA) is 87.4 Å². The van der Waals surface area contributed by atoms with Gasteiger partial charge in [0.15, 0.2) is 0 Å². The molecule has 0 amide bonds. The van der Waals surface area contributed by atoms with Gasteiger partial charge in [-0.25, -0.2) is 15.0 Å². The average Bonchev–Trinajstić information content (AvgIpc) is 2.71. The molecule has 1 N–H and O–H groups in total. The summed E-state index contributed by atoms with van der Waals surface area (Å²) in [6, 6.07) is 7.60. The molecule has 1 aromatic carbocycles. The Morgan fingerprint density at radius 3 is 2.56 bits per heavy atom. The molecule has 0 spiro atoms. The van der Waals surface area contributed by atoms with Crippen LogP contribution in [0.2, 0.25) is 0 Å². The van der Waals surface area contributed by atoms with Crippen molar-refractivity contribution in [2.75, 3.05) is 37.7 Å². The maximum Gasteiger partial charge on any atom is 0.261 e. The Labute approximate surface area is 156 Å². The molecule has 8 heteroatoms. The van der Waals surface area contributed by atoms with Crippen LogP contribution in [0.1, 0.15) is 5.82 Å². The first-order valence-electron chi connectivity index (χ1n) is 9.08. The number of aliphatic hydroxyl groups is 1. The molecule has 0 bridgehead atoms. The van der Waals surface area contributed by atoms with Gasteiger partial charge in [0.1, 0.15) is 5.82 Å². The number of fused-ring (bicyclic) bond motifs is 1. The van der Waals surface area contributed by atoms with Crippen LogP contribution < -0.4 is 10.5 Å². The fourth-order valence-corrected chi connectivity index (χ4v) is 3.39. The highest BCUT2D eigenvalue weighted by atomic mass is 16.3. The Balaban J connectivity index is 1.46. The van der Waals surface area contributed by atoms with Gasteiger partial charge in [0.05, 0.1) is 36.9 Å². The van der Waals surface area contributed by atoms with Gasteiger partial charge >= 0.3 is 0 Å². The Kier molecular flexibility index (Phi) is 5.08. The van der Waals surface area contributed by atoms with E-state index in [-0.39, 0.29) is 18.7 Å². The Morgan fingerprint density at radius 2 is 1.81 bits per heavy atom. The Hall–Kier alpha value is -2.84. The number of nitrogens with zero attached hydrogens (tertiary/aromatic N) is 6. The second-order valence-corrected chi connectivity index (χ2v) is 6.60. The van der Waals surface area contributed by atoms with E-state index in [1.807, 2.05) is 24.3 Å². The fraction of sp³-hybridized carbons (Fsp3) is 0.368. The Bertz CT molecular complexity index is 967. The van der Waals surface area contributed by atoms with E-state index in [1.165, 1.54) is 10.9 Å². The predicted molar refractivity (Wildman–Crippen MR) is 103 cm³/mol. The molecular weight excluding hydrogens is 344 g/mol. The van der Waals surface area contributed by atoms with Crippen LogP contribution in [0.3, 0.4) is 0 Å². The van der Waals surface area contributed by atoms with Crippen LogP contribution in [0, 0.1) is 0 Å². The zero-order valence-corrected chi connectivity index (χ0v) is 15.0. The van der Waals surface area contributed by atoms with E-state index in [1.54, 1.807) is 12.4 Å². The third kappa shape index (κ3) is 3.81. The van der Waals surface area contributed by atoms with E-state index >= 15 is 0 Å². The minimum atomic E-state index is -0.117. The van der Waals surface area contributed by atoms with Gasteiger partial charge in [-0.15, -0.1) is 0 Å². The van der Waals surface area contributed by atoms with Crippen molar-refractivity contribution >= 4 is 16.6 Å². The molecule has 3 heterocycles. The van der Waals surface area contributed by atoms with Crippen molar-refractivity contribution < 1.29 is 5.11 Å². The summed E-state index contributed by atoms with van der Waals surface area (Å²) in [4.78, 5) is 30.0. The lowest BCUT2D eigenvalue weighted by atomic mass is 10.2. The number of benzene rings is 1. The smallest absolute Gasteiger partial charge is 0.261 e. The monoisotopic (exact) mass is 366 g/mol. The molecule has 3 aromatic rings. The van der Waals surface area contributed by atoms with Crippen LogP contribution in [0.15, 0.2) is 47.8 Å². The molecular formula is C19H22N6O2. The number of aliphatic hydroxyl groups excluding tert-OH is 1. The van der Waals surface area contributed by atoms with E-state index in [2.05, 4.69) is 24.8 Å². The van der Waals surface area contributed by atoms with Crippen LogP contribution in [0.5, 0.6) is 0 Å². The molecule has 4 rings (SSSR count). The first kappa shape index (κ1) is 17.6. The van der Waals surface area contributed by atoms with Gasteiger partial charge < -0.3 is 10.0 Å². The largest absolute Gasteiger partial charge is 0.395 e. The number of anilines is 1. The summed E-state index contributed by atoms with van der Waals surface area (Å²) < 4.78 is 1.44. The van der Waals surface area contributed by atoms with Crippen LogP contribution in [0.4, 0.5) is 5.69 Å². The number of rotatable bonds is 5. The van der Waals surface area contributed by atoms with Gasteiger partial charge in [0, 0.05) is 44.3 Å². The second kappa shape index (κ2) is 7.81. The molecule has 0 radical (unpaired) electrons. The van der Waals surface area contributed by atoms with Crippen LogP contribution >= 0.6 is 0 Å². The van der Waals surface area contributed by atoms with Gasteiger partial charge in [0.2, 0.25) is 0 Å². The molecule has 1 aliphatic heterocycles. The summed E-state index contributed by atoms with van der Waals surface area (Å²) in [6.07, 6.45) is 5.05. The summed E-state index contributed by atoms with van der Waals surface area (Å²) >= 11 is 0. The highest BCUT2D eigenvalue weighted by Crippen LogP contribution is 2.20. The molecule has 8 nitrogen and oxygen atoms in total. The number of hydrogen-bond acceptors (Lipinski definition) is 7. The average molecular weight is 366 g/mol. The lowest BCUT2D eigenvalue weighted by Gasteiger charge is -2.35. The van der Waals surface area contributed by atoms with Crippen molar-refractivity contribution in [3.8, 4) is 0 Å². The zero-order chi connectivity index (χ0) is 18.6. The van der Waals surface area contributed by atoms with E-state index in [0.717, 1.165) is 44.2 Å². The number of hydrogen-bond donors (Lipinski definition) is 1. The summed E-state index contributed by atoms with van der Waals surface area (Å²) in [6.45, 7) is 4.61. The SMILES string of the molecule is O=c1c2ccc(N3CCN(Cc4ncccn4)CC3)cc2ncn1CCO. The number of piperazine rings is 1. The van der Waals surface area contributed by atoms with Crippen LogP contribution in [-0.2, 0) is 13.1 Å². The first-order valence-corrected chi connectivity index (χ1v) is 9.08. The summed E-state index contributed by atoms with van der Waals surface area (Å²) in [5.74, 6) is 0.847. The molecule has 0 aliphatic carbocycles. The van der Waals surface area contributed by atoms with E-state index in [4.69, 9.17) is 5.11 Å². The van der Waals surface area contributed by atoms with Crippen molar-refractivity contribution in [2.24, 2.45) is 0 Å². The molecule has 1 fully saturated rings. The molecule has 0 atom stereocenters. The molecule has 1 saturated heterocycles. The van der Waals surface area contributed by atoms with Gasteiger partial charge in [-0.2, -0.15) is 0 Å². The van der Waals surface area contributed by atoms with Crippen molar-refractivity contribution in [3.05, 3.63) is 59.2 Å². The maximum atomic E-state index is 12.4. The second-order valence-electron chi connectivity index (χ2n) is 6.60. The zero-order valence-electron chi connectivity index (χ0n) is 15.0. The molecule has 1 aliphatic rings. The Morgan fingerprint density at radius 1 is 1.04 bits per heavy atom. The lowest BCUT2D eigenvalue weighted by Crippen LogP contribution is -2.46. The standard InChI is InChI=1S/C19H22N6O2/c26-11-10-25-14-22-17-12-15(2-3-16(17)19(25)27)24-8-6-23(7-9-24)13-18-20-4-1-5-21-18/h1-5,12,14,26H,6-11,13H2. The van der Waals surface area contributed by atoms with Gasteiger partial charge in [-0.3, -0.25) is 14.3 Å². The van der Waals surface area contributed by atoms with Crippen LogP contribution in [0.25, 0.3) is 10.9 Å². The normalized spacial score (nSPS) is 15.4. The van der Waals surface area contributed by atoms with Gasteiger partial charge in [0.25, 0.3) is 5.56 Å². The third-order valence-corrected chi connectivity index (χ3v) is 4.87. The molecule has 27 heavy (non-hydrogen) atoms. The van der Waals surface area contributed by atoms with Gasteiger partial charge in [-0.1, -0.05) is 0 Å². The first-order chi connectivity index (χ1) is 13.2. The maximum absolute atomic E-state index is 12.4. The van der Waals surface area contributed by atoms with Crippen molar-refractivity contribution in [1.82, 2.24) is 24.4 Å². The number of aromatic nitrogens is 4. The van der Waals surface area contributed by atoms with E-state index in [0.29, 0.717) is 10.9 Å². The lowest BCUT2D eigenvalue weighted by molar-refractivity contribution is 0.244. The van der Waals surface area contributed by atoms with Crippen molar-refractivity contribution in [1.29, 1.82) is 0 Å². The minimum Gasteiger partial charge on any atom is -0.395 e. The molecule has 2 aromatic heterocycles. The van der Waals surface area contributed by atoms with Crippen molar-refractivity contribution in [3.63, 3.8) is 0 Å². The molecule has 0 saturated carbocycles. The molecule has 140 valence electrons. The highest BCUT2D eigenvalue weighted by Gasteiger charge is 2.18.